The van der Waals surface area contributed by atoms with Gasteiger partial charge in [0.05, 0.1) is 11.9 Å². The molecule has 2 N–H and O–H groups in total. The summed E-state index contributed by atoms with van der Waals surface area (Å²) in [7, 11) is -3.48. The first-order chi connectivity index (χ1) is 9.06. The number of aromatic nitrogens is 2. The number of hydrogen-bond acceptors (Lipinski definition) is 4. The summed E-state index contributed by atoms with van der Waals surface area (Å²) in [6, 6.07) is 2.12. The van der Waals surface area contributed by atoms with Crippen molar-refractivity contribution >= 4 is 21.4 Å². The van der Waals surface area contributed by atoms with Crippen molar-refractivity contribution < 1.29 is 8.42 Å². The average molecular weight is 297 g/mol. The van der Waals surface area contributed by atoms with Crippen LogP contribution in [0.25, 0.3) is 0 Å². The number of nitrogens with zero attached hydrogens (tertiary/aromatic N) is 1. The van der Waals surface area contributed by atoms with Gasteiger partial charge in [-0.1, -0.05) is 0 Å². The zero-order valence-corrected chi connectivity index (χ0v) is 12.2. The van der Waals surface area contributed by atoms with Gasteiger partial charge in [0.2, 0.25) is 10.0 Å². The highest BCUT2D eigenvalue weighted by atomic mass is 32.2. The van der Waals surface area contributed by atoms with Gasteiger partial charge >= 0.3 is 0 Å². The largest absolute Gasteiger partial charge is 0.281 e. The van der Waals surface area contributed by atoms with Crippen molar-refractivity contribution in [1.82, 2.24) is 14.9 Å². The number of aryl methyl sites for hydroxylation is 3. The van der Waals surface area contributed by atoms with Crippen molar-refractivity contribution in [3.8, 4) is 0 Å². The highest BCUT2D eigenvalue weighted by molar-refractivity contribution is 7.89. The van der Waals surface area contributed by atoms with E-state index in [0.29, 0.717) is 12.2 Å². The lowest BCUT2D eigenvalue weighted by Crippen LogP contribution is -2.23. The minimum atomic E-state index is -3.48. The van der Waals surface area contributed by atoms with E-state index in [1.54, 1.807) is 18.3 Å². The maximum atomic E-state index is 12.1. The van der Waals surface area contributed by atoms with Crippen LogP contribution in [0.2, 0.25) is 0 Å². The maximum Gasteiger partial charge on any atom is 0.244 e. The first kappa shape index (κ1) is 12.8. The van der Waals surface area contributed by atoms with Gasteiger partial charge in [-0.05, 0) is 37.8 Å². The Morgan fingerprint density at radius 2 is 2.32 bits per heavy atom. The summed E-state index contributed by atoms with van der Waals surface area (Å²) in [5.41, 5.74) is 1.94. The molecule has 0 radical (unpaired) electrons. The summed E-state index contributed by atoms with van der Waals surface area (Å²) in [6.45, 7) is 2.05. The van der Waals surface area contributed by atoms with Crippen molar-refractivity contribution in [3.05, 3.63) is 33.3 Å². The molecule has 0 fully saturated rings. The lowest BCUT2D eigenvalue weighted by molar-refractivity contribution is 0.581. The van der Waals surface area contributed by atoms with Gasteiger partial charge in [-0.25, -0.2) is 13.1 Å². The van der Waals surface area contributed by atoms with Crippen LogP contribution in [-0.4, -0.2) is 18.6 Å². The Morgan fingerprint density at radius 3 is 3.00 bits per heavy atom. The number of aromatic amines is 1. The molecule has 0 saturated heterocycles. The predicted molar refractivity (Wildman–Crippen MR) is 73.7 cm³/mol. The van der Waals surface area contributed by atoms with Gasteiger partial charge in [-0.3, -0.25) is 5.10 Å². The van der Waals surface area contributed by atoms with Crippen LogP contribution in [0.15, 0.2) is 17.2 Å². The summed E-state index contributed by atoms with van der Waals surface area (Å²) >= 11 is 1.71. The molecule has 0 aliphatic heterocycles. The standard InChI is InChI=1S/C12H15N3O2S2/c1-8-12(7-13-15-8)19(16,17)14-6-10-5-9-3-2-4-11(9)18-10/h5,7,14H,2-4,6H2,1H3,(H,13,15). The Morgan fingerprint density at radius 1 is 1.47 bits per heavy atom. The molecule has 102 valence electrons. The van der Waals surface area contributed by atoms with Gasteiger partial charge in [0, 0.05) is 16.3 Å². The van der Waals surface area contributed by atoms with Crippen molar-refractivity contribution in [1.29, 1.82) is 0 Å². The van der Waals surface area contributed by atoms with E-state index in [4.69, 9.17) is 0 Å². The fourth-order valence-corrected chi connectivity index (χ4v) is 4.77. The molecule has 19 heavy (non-hydrogen) atoms. The minimum Gasteiger partial charge on any atom is -0.281 e. The fourth-order valence-electron chi connectivity index (χ4n) is 2.33. The SMILES string of the molecule is Cc1[nH]ncc1S(=O)(=O)NCc1cc2c(s1)CCC2. The summed E-state index contributed by atoms with van der Waals surface area (Å²) < 4.78 is 26.8. The Hall–Kier alpha value is -1.18. The molecule has 0 atom stereocenters. The number of thiophene rings is 1. The van der Waals surface area contributed by atoms with Crippen LogP contribution in [-0.2, 0) is 29.4 Å². The van der Waals surface area contributed by atoms with Crippen LogP contribution in [0.5, 0.6) is 0 Å². The van der Waals surface area contributed by atoms with Crippen molar-refractivity contribution in [3.63, 3.8) is 0 Å². The van der Waals surface area contributed by atoms with Crippen molar-refractivity contribution in [2.75, 3.05) is 0 Å². The van der Waals surface area contributed by atoms with Gasteiger partial charge in [0.1, 0.15) is 4.90 Å². The minimum absolute atomic E-state index is 0.219. The lowest BCUT2D eigenvalue weighted by atomic mass is 10.2. The van der Waals surface area contributed by atoms with Crippen LogP contribution < -0.4 is 4.72 Å². The molecule has 2 aromatic rings. The van der Waals surface area contributed by atoms with Gasteiger partial charge in [0.25, 0.3) is 0 Å². The number of sulfonamides is 1. The molecule has 0 saturated carbocycles. The highest BCUT2D eigenvalue weighted by Gasteiger charge is 2.20. The smallest absolute Gasteiger partial charge is 0.244 e. The topological polar surface area (TPSA) is 74.8 Å². The van der Waals surface area contributed by atoms with E-state index < -0.39 is 10.0 Å². The number of hydrogen-bond donors (Lipinski definition) is 2. The first-order valence-electron chi connectivity index (χ1n) is 6.16. The normalized spacial score (nSPS) is 14.8. The Labute approximate surface area is 116 Å². The molecule has 2 heterocycles. The highest BCUT2D eigenvalue weighted by Crippen LogP contribution is 2.30. The molecule has 0 amide bonds. The number of nitrogens with one attached hydrogen (secondary N) is 2. The second kappa shape index (κ2) is 4.73. The van der Waals surface area contributed by atoms with Gasteiger partial charge < -0.3 is 0 Å². The van der Waals surface area contributed by atoms with E-state index in [9.17, 15) is 8.42 Å². The summed E-state index contributed by atoms with van der Waals surface area (Å²) in [5, 5.41) is 6.38. The number of H-pyrrole nitrogens is 1. The van der Waals surface area contributed by atoms with Crippen LogP contribution in [0, 0.1) is 6.92 Å². The second-order valence-corrected chi connectivity index (χ2v) is 7.66. The zero-order valence-electron chi connectivity index (χ0n) is 10.6. The molecule has 0 spiro atoms. The van der Waals surface area contributed by atoms with E-state index in [1.165, 1.54) is 23.1 Å². The molecule has 1 aliphatic carbocycles. The van der Waals surface area contributed by atoms with Gasteiger partial charge in [-0.15, -0.1) is 11.3 Å². The molecule has 3 rings (SSSR count). The fraction of sp³-hybridized carbons (Fsp3) is 0.417. The number of rotatable bonds is 4. The third kappa shape index (κ3) is 2.45. The summed E-state index contributed by atoms with van der Waals surface area (Å²) in [4.78, 5) is 2.71. The lowest BCUT2D eigenvalue weighted by Gasteiger charge is -2.04. The third-order valence-electron chi connectivity index (χ3n) is 3.31. The van der Waals surface area contributed by atoms with E-state index in [1.807, 2.05) is 0 Å². The maximum absolute atomic E-state index is 12.1. The van der Waals surface area contributed by atoms with E-state index in [2.05, 4.69) is 21.0 Å². The number of fused-ring (bicyclic) bond motifs is 1. The van der Waals surface area contributed by atoms with Crippen molar-refractivity contribution in [2.45, 2.75) is 37.6 Å². The van der Waals surface area contributed by atoms with E-state index in [-0.39, 0.29) is 4.90 Å². The van der Waals surface area contributed by atoms with Crippen LogP contribution in [0.3, 0.4) is 0 Å². The van der Waals surface area contributed by atoms with Gasteiger partial charge in [-0.2, -0.15) is 5.10 Å². The first-order valence-corrected chi connectivity index (χ1v) is 8.46. The van der Waals surface area contributed by atoms with E-state index in [0.717, 1.165) is 17.7 Å². The molecule has 5 nitrogen and oxygen atoms in total. The Balaban J connectivity index is 1.73. The predicted octanol–water partition coefficient (Wildman–Crippen LogP) is 1.75. The molecular weight excluding hydrogens is 282 g/mol. The van der Waals surface area contributed by atoms with E-state index >= 15 is 0 Å². The van der Waals surface area contributed by atoms with Crippen LogP contribution in [0.4, 0.5) is 0 Å². The van der Waals surface area contributed by atoms with Crippen molar-refractivity contribution in [2.24, 2.45) is 0 Å². The second-order valence-electron chi connectivity index (χ2n) is 4.70. The Bertz CT molecular complexity index is 679. The molecule has 0 unspecified atom stereocenters. The molecule has 0 bridgehead atoms. The average Bonchev–Trinajstić information content (AvgIpc) is 3.00. The molecule has 1 aliphatic rings. The Kier molecular flexibility index (Phi) is 3.20. The molecule has 7 heteroatoms. The molecular formula is C12H15N3O2S2. The summed E-state index contributed by atoms with van der Waals surface area (Å²) in [5.74, 6) is 0. The molecule has 0 aromatic carbocycles. The monoisotopic (exact) mass is 297 g/mol. The zero-order chi connectivity index (χ0) is 13.5. The molecule has 2 aromatic heterocycles. The van der Waals surface area contributed by atoms with Gasteiger partial charge in [0.15, 0.2) is 0 Å². The third-order valence-corrected chi connectivity index (χ3v) is 6.06. The van der Waals surface area contributed by atoms with Crippen LogP contribution in [0.1, 0.15) is 27.4 Å². The summed E-state index contributed by atoms with van der Waals surface area (Å²) in [6.07, 6.45) is 4.82. The van der Waals surface area contributed by atoms with Crippen LogP contribution >= 0.6 is 11.3 Å². The quantitative estimate of drug-likeness (QED) is 0.902.